The van der Waals surface area contributed by atoms with E-state index in [1.54, 1.807) is 0 Å². The van der Waals surface area contributed by atoms with Crippen molar-refractivity contribution in [3.05, 3.63) is 35.9 Å². The SMILES string of the molecule is CCCC/C(=N/NC(=S)NCCN1CCOCC1)c1ccccc1. The van der Waals surface area contributed by atoms with Crippen LogP contribution >= 0.6 is 12.2 Å². The maximum absolute atomic E-state index is 5.35. The molecule has 24 heavy (non-hydrogen) atoms. The highest BCUT2D eigenvalue weighted by Crippen LogP contribution is 2.07. The predicted molar refractivity (Wildman–Crippen MR) is 103 cm³/mol. The summed E-state index contributed by atoms with van der Waals surface area (Å²) in [4.78, 5) is 2.37. The lowest BCUT2D eigenvalue weighted by Gasteiger charge is -2.26. The molecule has 0 amide bonds. The zero-order valence-corrected chi connectivity index (χ0v) is 15.3. The van der Waals surface area contributed by atoms with E-state index in [1.807, 2.05) is 18.2 Å². The Balaban J connectivity index is 1.78. The van der Waals surface area contributed by atoms with Gasteiger partial charge in [-0.15, -0.1) is 0 Å². The Morgan fingerprint density at radius 2 is 2.00 bits per heavy atom. The van der Waals surface area contributed by atoms with Gasteiger partial charge in [-0.05, 0) is 30.6 Å². The number of ether oxygens (including phenoxy) is 1. The van der Waals surface area contributed by atoms with Crippen LogP contribution in [0.2, 0.25) is 0 Å². The highest BCUT2D eigenvalue weighted by molar-refractivity contribution is 7.80. The standard InChI is InChI=1S/C18H28N4OS/c1-2-3-9-17(16-7-5-4-6-8-16)20-21-18(24)19-10-11-22-12-14-23-15-13-22/h4-8H,2-3,9-15H2,1H3,(H2,19,21,24)/b20-17-. The number of thiocarbonyl (C=S) groups is 1. The zero-order valence-electron chi connectivity index (χ0n) is 14.5. The van der Waals surface area contributed by atoms with E-state index in [1.165, 1.54) is 0 Å². The average molecular weight is 349 g/mol. The number of unbranched alkanes of at least 4 members (excludes halogenated alkanes) is 1. The molecule has 1 aromatic rings. The Hall–Kier alpha value is -1.50. The van der Waals surface area contributed by atoms with Crippen molar-refractivity contribution in [1.82, 2.24) is 15.6 Å². The van der Waals surface area contributed by atoms with E-state index in [4.69, 9.17) is 17.0 Å². The minimum absolute atomic E-state index is 0.577. The Bertz CT molecular complexity index is 515. The molecule has 1 aliphatic heterocycles. The van der Waals surface area contributed by atoms with Crippen molar-refractivity contribution in [3.63, 3.8) is 0 Å². The molecule has 2 rings (SSSR count). The largest absolute Gasteiger partial charge is 0.379 e. The summed E-state index contributed by atoms with van der Waals surface area (Å²) in [6, 6.07) is 10.3. The lowest BCUT2D eigenvalue weighted by Crippen LogP contribution is -2.43. The number of nitrogens with one attached hydrogen (secondary N) is 2. The van der Waals surface area contributed by atoms with Crippen LogP contribution in [0.25, 0.3) is 0 Å². The van der Waals surface area contributed by atoms with E-state index in [2.05, 4.69) is 39.8 Å². The highest BCUT2D eigenvalue weighted by Gasteiger charge is 2.09. The number of hydrazone groups is 1. The van der Waals surface area contributed by atoms with Gasteiger partial charge in [-0.3, -0.25) is 10.3 Å². The van der Waals surface area contributed by atoms with Crippen LogP contribution in [-0.2, 0) is 4.74 Å². The number of benzene rings is 1. The summed E-state index contributed by atoms with van der Waals surface area (Å²) in [6.45, 7) is 7.61. The molecule has 6 heteroatoms. The van der Waals surface area contributed by atoms with E-state index in [-0.39, 0.29) is 0 Å². The van der Waals surface area contributed by atoms with Gasteiger partial charge >= 0.3 is 0 Å². The molecular formula is C18H28N4OS. The van der Waals surface area contributed by atoms with E-state index in [0.717, 1.165) is 69.9 Å². The second-order valence-electron chi connectivity index (χ2n) is 5.85. The van der Waals surface area contributed by atoms with E-state index < -0.39 is 0 Å². The fourth-order valence-corrected chi connectivity index (χ4v) is 2.70. The number of morpholine rings is 1. The van der Waals surface area contributed by atoms with E-state index in [0.29, 0.717) is 5.11 Å². The second-order valence-corrected chi connectivity index (χ2v) is 6.26. The Morgan fingerprint density at radius 1 is 1.25 bits per heavy atom. The molecule has 1 aromatic carbocycles. The van der Waals surface area contributed by atoms with Gasteiger partial charge in [0.2, 0.25) is 0 Å². The minimum atomic E-state index is 0.577. The maximum Gasteiger partial charge on any atom is 0.187 e. The van der Waals surface area contributed by atoms with Crippen LogP contribution in [0, 0.1) is 0 Å². The van der Waals surface area contributed by atoms with Crippen LogP contribution in [0.3, 0.4) is 0 Å². The number of nitrogens with zero attached hydrogens (tertiary/aromatic N) is 2. The van der Waals surface area contributed by atoms with Gasteiger partial charge in [0.1, 0.15) is 0 Å². The van der Waals surface area contributed by atoms with Gasteiger partial charge < -0.3 is 10.1 Å². The van der Waals surface area contributed by atoms with Crippen molar-refractivity contribution in [2.24, 2.45) is 5.10 Å². The first-order valence-corrected chi connectivity index (χ1v) is 9.16. The quantitative estimate of drug-likeness (QED) is 0.429. The van der Waals surface area contributed by atoms with Gasteiger partial charge in [0.15, 0.2) is 5.11 Å². The normalized spacial score (nSPS) is 16.0. The molecule has 0 unspecified atom stereocenters. The summed E-state index contributed by atoms with van der Waals surface area (Å²) in [5.41, 5.74) is 5.19. The van der Waals surface area contributed by atoms with E-state index in [9.17, 15) is 0 Å². The van der Waals surface area contributed by atoms with Gasteiger partial charge in [-0.1, -0.05) is 43.7 Å². The van der Waals surface area contributed by atoms with Crippen LogP contribution in [0.1, 0.15) is 31.7 Å². The van der Waals surface area contributed by atoms with Crippen molar-refractivity contribution >= 4 is 23.0 Å². The summed E-state index contributed by atoms with van der Waals surface area (Å²) in [6.07, 6.45) is 3.21. The first-order valence-electron chi connectivity index (χ1n) is 8.75. The topological polar surface area (TPSA) is 48.9 Å². The van der Waals surface area contributed by atoms with Crippen LogP contribution in [-0.4, -0.2) is 55.1 Å². The molecule has 1 fully saturated rings. The molecule has 0 radical (unpaired) electrons. The molecule has 2 N–H and O–H groups in total. The molecule has 0 aliphatic carbocycles. The third kappa shape index (κ3) is 6.95. The first-order chi connectivity index (χ1) is 11.8. The summed E-state index contributed by atoms with van der Waals surface area (Å²) in [7, 11) is 0. The molecule has 0 atom stereocenters. The molecule has 0 saturated carbocycles. The zero-order chi connectivity index (χ0) is 17.0. The van der Waals surface area contributed by atoms with Crippen molar-refractivity contribution in [2.45, 2.75) is 26.2 Å². The first kappa shape index (κ1) is 18.8. The second kappa shape index (κ2) is 11.1. The van der Waals surface area contributed by atoms with Crippen LogP contribution in [0.15, 0.2) is 35.4 Å². The monoisotopic (exact) mass is 348 g/mol. The summed E-state index contributed by atoms with van der Waals surface area (Å²) < 4.78 is 5.35. The third-order valence-corrected chi connectivity index (χ3v) is 4.22. The molecule has 1 saturated heterocycles. The molecule has 0 bridgehead atoms. The average Bonchev–Trinajstić information content (AvgIpc) is 2.63. The lowest BCUT2D eigenvalue weighted by atomic mass is 10.1. The van der Waals surface area contributed by atoms with Crippen LogP contribution in [0.4, 0.5) is 0 Å². The molecule has 132 valence electrons. The highest BCUT2D eigenvalue weighted by atomic mass is 32.1. The van der Waals surface area contributed by atoms with Gasteiger partial charge in [-0.2, -0.15) is 5.10 Å². The maximum atomic E-state index is 5.35. The molecule has 1 heterocycles. The Morgan fingerprint density at radius 3 is 2.71 bits per heavy atom. The minimum Gasteiger partial charge on any atom is -0.379 e. The van der Waals surface area contributed by atoms with Crippen molar-refractivity contribution in [3.8, 4) is 0 Å². The number of hydrogen-bond acceptors (Lipinski definition) is 4. The predicted octanol–water partition coefficient (Wildman–Crippen LogP) is 2.38. The van der Waals surface area contributed by atoms with Gasteiger partial charge in [-0.25, -0.2) is 0 Å². The lowest BCUT2D eigenvalue weighted by molar-refractivity contribution is 0.0389. The fraction of sp³-hybridized carbons (Fsp3) is 0.556. The molecule has 0 aromatic heterocycles. The number of hydrogen-bond donors (Lipinski definition) is 2. The van der Waals surface area contributed by atoms with Gasteiger partial charge in [0.25, 0.3) is 0 Å². The van der Waals surface area contributed by atoms with Crippen LogP contribution in [0.5, 0.6) is 0 Å². The third-order valence-electron chi connectivity index (χ3n) is 3.98. The molecular weight excluding hydrogens is 320 g/mol. The van der Waals surface area contributed by atoms with Gasteiger partial charge in [0.05, 0.1) is 18.9 Å². The van der Waals surface area contributed by atoms with Crippen LogP contribution < -0.4 is 10.7 Å². The smallest absolute Gasteiger partial charge is 0.187 e. The van der Waals surface area contributed by atoms with Crippen molar-refractivity contribution in [1.29, 1.82) is 0 Å². The molecule has 0 spiro atoms. The fourth-order valence-electron chi connectivity index (χ4n) is 2.55. The molecule has 1 aliphatic rings. The number of rotatable bonds is 8. The summed E-state index contributed by atoms with van der Waals surface area (Å²) in [5.74, 6) is 0. The Kier molecular flexibility index (Phi) is 8.73. The summed E-state index contributed by atoms with van der Waals surface area (Å²) >= 11 is 5.33. The van der Waals surface area contributed by atoms with Gasteiger partial charge in [0, 0.05) is 26.2 Å². The van der Waals surface area contributed by atoms with Crippen molar-refractivity contribution < 1.29 is 4.74 Å². The molecule has 5 nitrogen and oxygen atoms in total. The summed E-state index contributed by atoms with van der Waals surface area (Å²) in [5, 5.41) is 8.33. The Labute approximate surface area is 150 Å². The van der Waals surface area contributed by atoms with E-state index >= 15 is 0 Å². The van der Waals surface area contributed by atoms with Crippen molar-refractivity contribution in [2.75, 3.05) is 39.4 Å².